The zero-order valence-electron chi connectivity index (χ0n) is 10.2. The zero-order valence-corrected chi connectivity index (χ0v) is 11.0. The Morgan fingerprint density at radius 1 is 1.53 bits per heavy atom. The van der Waals surface area contributed by atoms with Crippen LogP contribution in [0.2, 0.25) is 0 Å². The molecule has 0 aromatic carbocycles. The Balaban J connectivity index is 1.70. The molecule has 1 unspecified atom stereocenters. The summed E-state index contributed by atoms with van der Waals surface area (Å²) < 4.78 is 2.12. The van der Waals surface area contributed by atoms with Crippen LogP contribution in [0.1, 0.15) is 30.7 Å². The maximum atomic E-state index is 4.04. The number of nitrogens with one attached hydrogen (secondary N) is 1. The molecule has 4 heteroatoms. The van der Waals surface area contributed by atoms with E-state index >= 15 is 0 Å². The average Bonchev–Trinajstić information content (AvgIpc) is 3.01. The van der Waals surface area contributed by atoms with E-state index in [1.807, 2.05) is 30.1 Å². The van der Waals surface area contributed by atoms with E-state index in [0.717, 1.165) is 25.9 Å². The molecule has 0 aliphatic heterocycles. The van der Waals surface area contributed by atoms with Crippen molar-refractivity contribution in [1.82, 2.24) is 14.9 Å². The van der Waals surface area contributed by atoms with E-state index in [2.05, 4.69) is 39.3 Å². The van der Waals surface area contributed by atoms with Crippen molar-refractivity contribution in [2.45, 2.75) is 32.4 Å². The lowest BCUT2D eigenvalue weighted by Gasteiger charge is -2.15. The zero-order chi connectivity index (χ0) is 11.9. The second-order valence-electron chi connectivity index (χ2n) is 4.08. The summed E-state index contributed by atoms with van der Waals surface area (Å²) in [7, 11) is 0. The van der Waals surface area contributed by atoms with Crippen LogP contribution in [-0.2, 0) is 6.54 Å². The molecule has 2 aromatic rings. The summed E-state index contributed by atoms with van der Waals surface area (Å²) in [6, 6.07) is 4.84. The Bertz CT molecular complexity index is 394. The highest BCUT2D eigenvalue weighted by Crippen LogP contribution is 2.21. The van der Waals surface area contributed by atoms with Gasteiger partial charge in [0.2, 0.25) is 0 Å². The maximum absolute atomic E-state index is 4.04. The van der Waals surface area contributed by atoms with Crippen molar-refractivity contribution in [2.24, 2.45) is 0 Å². The highest BCUT2D eigenvalue weighted by atomic mass is 32.1. The van der Waals surface area contributed by atoms with Gasteiger partial charge in [0.25, 0.3) is 0 Å². The van der Waals surface area contributed by atoms with E-state index in [9.17, 15) is 0 Å². The van der Waals surface area contributed by atoms with Crippen molar-refractivity contribution < 1.29 is 0 Å². The van der Waals surface area contributed by atoms with Crippen molar-refractivity contribution in [1.29, 1.82) is 0 Å². The van der Waals surface area contributed by atoms with Gasteiger partial charge in [0.05, 0.1) is 6.33 Å². The van der Waals surface area contributed by atoms with Crippen LogP contribution >= 0.6 is 11.3 Å². The van der Waals surface area contributed by atoms with Crippen LogP contribution in [0.25, 0.3) is 0 Å². The molecule has 0 radical (unpaired) electrons. The van der Waals surface area contributed by atoms with Gasteiger partial charge < -0.3 is 9.88 Å². The van der Waals surface area contributed by atoms with Crippen LogP contribution in [-0.4, -0.2) is 16.1 Å². The second-order valence-corrected chi connectivity index (χ2v) is 5.06. The molecule has 17 heavy (non-hydrogen) atoms. The first kappa shape index (κ1) is 12.3. The quantitative estimate of drug-likeness (QED) is 0.764. The highest BCUT2D eigenvalue weighted by Gasteiger charge is 2.08. The predicted octanol–water partition coefficient (Wildman–Crippen LogP) is 3.08. The summed E-state index contributed by atoms with van der Waals surface area (Å²) in [5.74, 6) is 0. The van der Waals surface area contributed by atoms with Crippen LogP contribution in [0, 0.1) is 0 Å². The fourth-order valence-corrected chi connectivity index (χ4v) is 2.78. The minimum absolute atomic E-state index is 0.512. The molecule has 0 bridgehead atoms. The molecule has 0 saturated carbocycles. The van der Waals surface area contributed by atoms with Crippen molar-refractivity contribution in [3.8, 4) is 0 Å². The number of rotatable bonds is 7. The van der Waals surface area contributed by atoms with E-state index in [1.54, 1.807) is 0 Å². The summed E-state index contributed by atoms with van der Waals surface area (Å²) in [6.45, 7) is 4.32. The molecule has 0 aliphatic carbocycles. The van der Waals surface area contributed by atoms with Gasteiger partial charge in [0.15, 0.2) is 0 Å². The van der Waals surface area contributed by atoms with Gasteiger partial charge in [-0.1, -0.05) is 13.0 Å². The van der Waals surface area contributed by atoms with E-state index in [0.29, 0.717) is 6.04 Å². The first-order chi connectivity index (χ1) is 8.40. The Morgan fingerprint density at radius 2 is 2.47 bits per heavy atom. The Morgan fingerprint density at radius 3 is 3.12 bits per heavy atom. The van der Waals surface area contributed by atoms with Gasteiger partial charge in [0.1, 0.15) is 0 Å². The van der Waals surface area contributed by atoms with E-state index in [4.69, 9.17) is 0 Å². The fraction of sp³-hybridized carbons (Fsp3) is 0.462. The predicted molar refractivity (Wildman–Crippen MR) is 72.2 cm³/mol. The molecule has 3 nitrogen and oxygen atoms in total. The van der Waals surface area contributed by atoms with Gasteiger partial charge in [-0.2, -0.15) is 0 Å². The molecule has 0 aliphatic rings. The summed E-state index contributed by atoms with van der Waals surface area (Å²) in [5.41, 5.74) is 0. The summed E-state index contributed by atoms with van der Waals surface area (Å²) in [6.07, 6.45) is 7.99. The van der Waals surface area contributed by atoms with Gasteiger partial charge >= 0.3 is 0 Å². The first-order valence-electron chi connectivity index (χ1n) is 6.12. The molecule has 0 spiro atoms. The average molecular weight is 249 g/mol. The van der Waals surface area contributed by atoms with Crippen LogP contribution < -0.4 is 5.32 Å². The minimum atomic E-state index is 0.512. The third kappa shape index (κ3) is 3.68. The number of nitrogens with zero attached hydrogens (tertiary/aromatic N) is 2. The largest absolute Gasteiger partial charge is 0.337 e. The van der Waals surface area contributed by atoms with Crippen molar-refractivity contribution in [3.63, 3.8) is 0 Å². The minimum Gasteiger partial charge on any atom is -0.337 e. The molecule has 2 heterocycles. The Kier molecular flexibility index (Phi) is 4.76. The SMILES string of the molecule is CCC(NCCCn1ccnc1)c1cccs1. The van der Waals surface area contributed by atoms with Crippen LogP contribution in [0.3, 0.4) is 0 Å². The number of thiophene rings is 1. The lowest BCUT2D eigenvalue weighted by atomic mass is 10.2. The molecule has 1 atom stereocenters. The molecular formula is C13H19N3S. The van der Waals surface area contributed by atoms with Crippen LogP contribution in [0.4, 0.5) is 0 Å². The van der Waals surface area contributed by atoms with Crippen molar-refractivity contribution in [2.75, 3.05) is 6.54 Å². The third-order valence-corrected chi connectivity index (χ3v) is 3.82. The number of aromatic nitrogens is 2. The normalized spacial score (nSPS) is 12.8. The first-order valence-corrected chi connectivity index (χ1v) is 7.00. The van der Waals surface area contributed by atoms with Gasteiger partial charge in [-0.15, -0.1) is 11.3 Å². The Hall–Kier alpha value is -1.13. The standard InChI is InChI=1S/C13H19N3S/c1-2-12(13-5-3-10-17-13)15-6-4-8-16-9-7-14-11-16/h3,5,7,9-12,15H,2,4,6,8H2,1H3. The molecule has 2 aromatic heterocycles. The topological polar surface area (TPSA) is 29.9 Å². The molecular weight excluding hydrogens is 230 g/mol. The number of hydrogen-bond donors (Lipinski definition) is 1. The summed E-state index contributed by atoms with van der Waals surface area (Å²) >= 11 is 1.83. The van der Waals surface area contributed by atoms with Gasteiger partial charge in [-0.25, -0.2) is 4.98 Å². The number of aryl methyl sites for hydroxylation is 1. The van der Waals surface area contributed by atoms with Crippen LogP contribution in [0.5, 0.6) is 0 Å². The summed E-state index contributed by atoms with van der Waals surface area (Å²) in [4.78, 5) is 5.48. The highest BCUT2D eigenvalue weighted by molar-refractivity contribution is 7.10. The molecule has 92 valence electrons. The number of imidazole rings is 1. The van der Waals surface area contributed by atoms with E-state index < -0.39 is 0 Å². The molecule has 0 saturated heterocycles. The molecule has 0 amide bonds. The molecule has 0 fully saturated rings. The maximum Gasteiger partial charge on any atom is 0.0945 e. The molecule has 2 rings (SSSR count). The smallest absolute Gasteiger partial charge is 0.0945 e. The Labute approximate surface area is 107 Å². The van der Waals surface area contributed by atoms with Gasteiger partial charge in [-0.3, -0.25) is 0 Å². The monoisotopic (exact) mass is 249 g/mol. The third-order valence-electron chi connectivity index (χ3n) is 2.84. The lowest BCUT2D eigenvalue weighted by Crippen LogP contribution is -2.22. The van der Waals surface area contributed by atoms with E-state index in [1.165, 1.54) is 4.88 Å². The molecule has 1 N–H and O–H groups in total. The second kappa shape index (κ2) is 6.57. The van der Waals surface area contributed by atoms with Gasteiger partial charge in [-0.05, 0) is 30.8 Å². The summed E-state index contributed by atoms with van der Waals surface area (Å²) in [5, 5.41) is 5.75. The number of hydrogen-bond acceptors (Lipinski definition) is 3. The van der Waals surface area contributed by atoms with Gasteiger partial charge in [0, 0.05) is 29.9 Å². The fourth-order valence-electron chi connectivity index (χ4n) is 1.89. The van der Waals surface area contributed by atoms with Crippen molar-refractivity contribution >= 4 is 11.3 Å². The lowest BCUT2D eigenvalue weighted by molar-refractivity contribution is 0.496. The van der Waals surface area contributed by atoms with Crippen LogP contribution in [0.15, 0.2) is 36.2 Å². The van der Waals surface area contributed by atoms with E-state index in [-0.39, 0.29) is 0 Å². The van der Waals surface area contributed by atoms with Crippen molar-refractivity contribution in [3.05, 3.63) is 41.1 Å².